The average Bonchev–Trinajstić information content (AvgIpc) is 3.22. The third-order valence-electron chi connectivity index (χ3n) is 7.07. The van der Waals surface area contributed by atoms with E-state index in [0.29, 0.717) is 11.8 Å². The number of benzene rings is 2. The first-order chi connectivity index (χ1) is 16.0. The van der Waals surface area contributed by atoms with E-state index < -0.39 is 0 Å². The zero-order valence-corrected chi connectivity index (χ0v) is 21.2. The van der Waals surface area contributed by atoms with E-state index in [9.17, 15) is 0 Å². The van der Waals surface area contributed by atoms with Gasteiger partial charge in [0.15, 0.2) is 0 Å². The van der Waals surface area contributed by atoms with E-state index in [1.807, 2.05) is 0 Å². The molecule has 1 unspecified atom stereocenters. The second kappa shape index (κ2) is 9.95. The van der Waals surface area contributed by atoms with Crippen LogP contribution in [-0.2, 0) is 12.8 Å². The fraction of sp³-hybridized carbons (Fsp3) is 0.387. The van der Waals surface area contributed by atoms with Gasteiger partial charge in [0, 0.05) is 22.8 Å². The van der Waals surface area contributed by atoms with Gasteiger partial charge in [0.05, 0.1) is 17.4 Å². The van der Waals surface area contributed by atoms with Gasteiger partial charge in [-0.1, -0.05) is 78.3 Å². The average molecular weight is 439 g/mol. The van der Waals surface area contributed by atoms with E-state index in [-0.39, 0.29) is 0 Å². The summed E-state index contributed by atoms with van der Waals surface area (Å²) >= 11 is 0. The Morgan fingerprint density at radius 3 is 2.12 bits per heavy atom. The smallest absolute Gasteiger partial charge is 0.0716 e. The molecular formula is C31H38N2. The molecule has 0 aliphatic rings. The van der Waals surface area contributed by atoms with Gasteiger partial charge < -0.3 is 4.57 Å². The van der Waals surface area contributed by atoms with Crippen LogP contribution in [0.1, 0.15) is 88.5 Å². The summed E-state index contributed by atoms with van der Waals surface area (Å²) in [5.41, 5.74) is 10.4. The SMILES string of the molecule is CCCC(C)c1cn(-c2ccc(C(C)C)cc2)c2cnc(-c3c(CC)cccc3CC)cc12. The number of aromatic nitrogens is 2. The molecule has 4 aromatic rings. The zero-order chi connectivity index (χ0) is 23.5. The minimum atomic E-state index is 0.510. The molecule has 0 saturated carbocycles. The van der Waals surface area contributed by atoms with Crippen molar-refractivity contribution in [3.05, 3.63) is 83.2 Å². The zero-order valence-electron chi connectivity index (χ0n) is 21.2. The molecule has 2 aromatic carbocycles. The first kappa shape index (κ1) is 23.3. The highest BCUT2D eigenvalue weighted by molar-refractivity contribution is 5.89. The lowest BCUT2D eigenvalue weighted by Gasteiger charge is -2.14. The molecule has 172 valence electrons. The minimum Gasteiger partial charge on any atom is -0.315 e. The van der Waals surface area contributed by atoms with Gasteiger partial charge in [-0.15, -0.1) is 0 Å². The third kappa shape index (κ3) is 4.49. The molecule has 0 bridgehead atoms. The van der Waals surface area contributed by atoms with Gasteiger partial charge in [-0.25, -0.2) is 0 Å². The standard InChI is InChI=1S/C31H38N2/c1-7-11-22(6)28-20-33(26-16-14-25(15-17-26)21(4)5)30-19-32-29(18-27(28)30)31-23(8-2)12-10-13-24(31)9-3/h10,12-22H,7-9,11H2,1-6H3. The Bertz CT molecular complexity index is 1210. The van der Waals surface area contributed by atoms with Gasteiger partial charge in [0.2, 0.25) is 0 Å². The number of aryl methyl sites for hydroxylation is 2. The Balaban J connectivity index is 1.92. The Morgan fingerprint density at radius 1 is 0.879 bits per heavy atom. The number of fused-ring (bicyclic) bond motifs is 1. The highest BCUT2D eigenvalue weighted by Crippen LogP contribution is 2.36. The van der Waals surface area contributed by atoms with Crippen LogP contribution >= 0.6 is 0 Å². The second-order valence-corrected chi connectivity index (χ2v) is 9.64. The monoisotopic (exact) mass is 438 g/mol. The number of nitrogens with zero attached hydrogens (tertiary/aromatic N) is 2. The lowest BCUT2D eigenvalue weighted by molar-refractivity contribution is 0.668. The van der Waals surface area contributed by atoms with Crippen LogP contribution in [-0.4, -0.2) is 9.55 Å². The highest BCUT2D eigenvalue weighted by Gasteiger charge is 2.18. The lowest BCUT2D eigenvalue weighted by atomic mass is 9.92. The molecular weight excluding hydrogens is 400 g/mol. The van der Waals surface area contributed by atoms with Crippen molar-refractivity contribution in [1.29, 1.82) is 0 Å². The minimum absolute atomic E-state index is 0.510. The Labute approximate surface area is 199 Å². The maximum Gasteiger partial charge on any atom is 0.0716 e. The molecule has 4 rings (SSSR count). The van der Waals surface area contributed by atoms with Crippen LogP contribution < -0.4 is 0 Å². The van der Waals surface area contributed by atoms with Crippen LogP contribution in [0, 0.1) is 0 Å². The molecule has 0 N–H and O–H groups in total. The molecule has 0 fully saturated rings. The summed E-state index contributed by atoms with van der Waals surface area (Å²) in [7, 11) is 0. The molecule has 2 aromatic heterocycles. The van der Waals surface area contributed by atoms with Crippen molar-refractivity contribution in [2.45, 2.75) is 79.1 Å². The van der Waals surface area contributed by atoms with Gasteiger partial charge in [-0.2, -0.15) is 0 Å². The number of rotatable bonds is 8. The van der Waals surface area contributed by atoms with E-state index in [1.54, 1.807) is 0 Å². The summed E-state index contributed by atoms with van der Waals surface area (Å²) < 4.78 is 2.34. The summed E-state index contributed by atoms with van der Waals surface area (Å²) in [5.74, 6) is 1.05. The van der Waals surface area contributed by atoms with Crippen LogP contribution in [0.15, 0.2) is 60.9 Å². The van der Waals surface area contributed by atoms with Gasteiger partial charge in [0.1, 0.15) is 0 Å². The predicted octanol–water partition coefficient (Wildman–Crippen LogP) is 8.84. The molecule has 1 atom stereocenters. The Morgan fingerprint density at radius 2 is 1.55 bits per heavy atom. The Kier molecular flexibility index (Phi) is 7.02. The first-order valence-corrected chi connectivity index (χ1v) is 12.7. The van der Waals surface area contributed by atoms with E-state index in [2.05, 4.69) is 107 Å². The normalized spacial score (nSPS) is 12.6. The number of hydrogen-bond acceptors (Lipinski definition) is 1. The van der Waals surface area contributed by atoms with Gasteiger partial charge in [0.25, 0.3) is 0 Å². The maximum atomic E-state index is 5.02. The van der Waals surface area contributed by atoms with Crippen molar-refractivity contribution < 1.29 is 0 Å². The number of pyridine rings is 1. The molecule has 0 radical (unpaired) electrons. The quantitative estimate of drug-likeness (QED) is 0.269. The summed E-state index contributed by atoms with van der Waals surface area (Å²) in [6.07, 6.45) is 8.86. The highest BCUT2D eigenvalue weighted by atomic mass is 15.0. The molecule has 33 heavy (non-hydrogen) atoms. The van der Waals surface area contributed by atoms with E-state index in [0.717, 1.165) is 18.5 Å². The molecule has 2 nitrogen and oxygen atoms in total. The molecule has 0 spiro atoms. The largest absolute Gasteiger partial charge is 0.315 e. The van der Waals surface area contributed by atoms with Crippen LogP contribution in [0.5, 0.6) is 0 Å². The maximum absolute atomic E-state index is 5.02. The predicted molar refractivity (Wildman–Crippen MR) is 143 cm³/mol. The van der Waals surface area contributed by atoms with Gasteiger partial charge in [-0.05, 0) is 71.6 Å². The lowest BCUT2D eigenvalue weighted by Crippen LogP contribution is -1.97. The molecule has 0 amide bonds. The van der Waals surface area contributed by atoms with Crippen molar-refractivity contribution in [2.75, 3.05) is 0 Å². The van der Waals surface area contributed by atoms with E-state index in [1.165, 1.54) is 57.2 Å². The van der Waals surface area contributed by atoms with E-state index in [4.69, 9.17) is 4.98 Å². The molecule has 0 saturated heterocycles. The molecule has 2 heteroatoms. The Hall–Kier alpha value is -2.87. The van der Waals surface area contributed by atoms with Gasteiger partial charge in [-0.3, -0.25) is 4.98 Å². The molecule has 0 aliphatic carbocycles. The van der Waals surface area contributed by atoms with Crippen LogP contribution in [0.25, 0.3) is 27.8 Å². The number of hydrogen-bond donors (Lipinski definition) is 0. The topological polar surface area (TPSA) is 17.8 Å². The van der Waals surface area contributed by atoms with Gasteiger partial charge >= 0.3 is 0 Å². The fourth-order valence-electron chi connectivity index (χ4n) is 5.07. The van der Waals surface area contributed by atoms with Crippen LogP contribution in [0.4, 0.5) is 0 Å². The summed E-state index contributed by atoms with van der Waals surface area (Å²) in [6.45, 7) is 13.6. The molecule has 0 aliphatic heterocycles. The van der Waals surface area contributed by atoms with Crippen molar-refractivity contribution in [2.24, 2.45) is 0 Å². The third-order valence-corrected chi connectivity index (χ3v) is 7.07. The summed E-state index contributed by atoms with van der Waals surface area (Å²) in [6, 6.07) is 18.1. The van der Waals surface area contributed by atoms with E-state index >= 15 is 0 Å². The second-order valence-electron chi connectivity index (χ2n) is 9.64. The van der Waals surface area contributed by atoms with Crippen molar-refractivity contribution >= 4 is 10.9 Å². The summed E-state index contributed by atoms with van der Waals surface area (Å²) in [5, 5.41) is 1.34. The fourth-order valence-corrected chi connectivity index (χ4v) is 5.07. The van der Waals surface area contributed by atoms with Crippen molar-refractivity contribution in [3.63, 3.8) is 0 Å². The van der Waals surface area contributed by atoms with Crippen LogP contribution in [0.3, 0.4) is 0 Å². The summed E-state index contributed by atoms with van der Waals surface area (Å²) in [4.78, 5) is 5.02. The molecule has 2 heterocycles. The van der Waals surface area contributed by atoms with Crippen molar-refractivity contribution in [1.82, 2.24) is 9.55 Å². The first-order valence-electron chi connectivity index (χ1n) is 12.7. The van der Waals surface area contributed by atoms with Crippen molar-refractivity contribution in [3.8, 4) is 16.9 Å². The van der Waals surface area contributed by atoms with Crippen LogP contribution in [0.2, 0.25) is 0 Å².